The van der Waals surface area contributed by atoms with Crippen LogP contribution in [0.4, 0.5) is 0 Å². The maximum absolute atomic E-state index is 12.9. The number of amides is 2. The molecule has 0 aliphatic carbocycles. The van der Waals surface area contributed by atoms with Crippen LogP contribution in [0, 0.1) is 5.92 Å². The third-order valence-corrected chi connectivity index (χ3v) is 7.31. The van der Waals surface area contributed by atoms with Gasteiger partial charge in [0, 0.05) is 31.7 Å². The molecule has 33 heavy (non-hydrogen) atoms. The highest BCUT2D eigenvalue weighted by molar-refractivity contribution is 7.89. The minimum atomic E-state index is -3.77. The van der Waals surface area contributed by atoms with E-state index in [1.807, 2.05) is 13.8 Å². The van der Waals surface area contributed by atoms with E-state index in [0.717, 1.165) is 0 Å². The van der Waals surface area contributed by atoms with Crippen LogP contribution in [-0.4, -0.2) is 87.4 Å². The minimum absolute atomic E-state index is 0.0111. The van der Waals surface area contributed by atoms with Crippen molar-refractivity contribution in [2.24, 2.45) is 5.92 Å². The topological polar surface area (TPSA) is 122 Å². The first-order valence-corrected chi connectivity index (χ1v) is 12.3. The number of esters is 1. The van der Waals surface area contributed by atoms with Crippen LogP contribution in [0.15, 0.2) is 29.2 Å². The number of rotatable bonds is 9. The van der Waals surface area contributed by atoms with E-state index >= 15 is 0 Å². The van der Waals surface area contributed by atoms with E-state index in [9.17, 15) is 22.8 Å². The molecule has 0 saturated carbocycles. The fourth-order valence-electron chi connectivity index (χ4n) is 3.07. The van der Waals surface area contributed by atoms with Gasteiger partial charge in [-0.3, -0.25) is 9.59 Å². The van der Waals surface area contributed by atoms with Gasteiger partial charge in [0.15, 0.2) is 6.61 Å². The minimum Gasteiger partial charge on any atom is -0.454 e. The summed E-state index contributed by atoms with van der Waals surface area (Å²) in [6, 6.07) is 4.60. The molecule has 1 aromatic rings. The molecule has 0 spiro atoms. The zero-order valence-electron chi connectivity index (χ0n) is 19.7. The molecule has 0 unspecified atom stereocenters. The molecule has 1 atom stereocenters. The maximum atomic E-state index is 12.9. The Hall–Kier alpha value is -2.50. The molecular formula is C22H33N3O7S. The highest BCUT2D eigenvalue weighted by atomic mass is 32.2. The number of nitrogens with zero attached hydrogens (tertiary/aromatic N) is 2. The van der Waals surface area contributed by atoms with E-state index in [1.54, 1.807) is 20.9 Å². The summed E-state index contributed by atoms with van der Waals surface area (Å²) >= 11 is 0. The van der Waals surface area contributed by atoms with Gasteiger partial charge in [0.2, 0.25) is 10.0 Å². The summed E-state index contributed by atoms with van der Waals surface area (Å²) in [4.78, 5) is 38.9. The van der Waals surface area contributed by atoms with Gasteiger partial charge in [-0.15, -0.1) is 0 Å². The summed E-state index contributed by atoms with van der Waals surface area (Å²) in [7, 11) is -2.16. The second-order valence-electron chi connectivity index (χ2n) is 8.45. The fourth-order valence-corrected chi connectivity index (χ4v) is 4.52. The summed E-state index contributed by atoms with van der Waals surface area (Å²) in [6.45, 7) is 7.81. The van der Waals surface area contributed by atoms with Crippen molar-refractivity contribution in [1.29, 1.82) is 0 Å². The molecule has 1 N–H and O–H groups in total. The molecule has 11 heteroatoms. The van der Waals surface area contributed by atoms with Gasteiger partial charge in [0.25, 0.3) is 11.8 Å². The van der Waals surface area contributed by atoms with E-state index in [4.69, 9.17) is 9.47 Å². The van der Waals surface area contributed by atoms with Crippen molar-refractivity contribution in [3.63, 3.8) is 0 Å². The number of carbonyl (C=O) groups is 3. The fraction of sp³-hybridized carbons (Fsp3) is 0.591. The van der Waals surface area contributed by atoms with E-state index < -0.39 is 34.5 Å². The molecule has 2 rings (SSSR count). The van der Waals surface area contributed by atoms with Crippen LogP contribution in [0.3, 0.4) is 0 Å². The lowest BCUT2D eigenvalue weighted by atomic mass is 10.0. The summed E-state index contributed by atoms with van der Waals surface area (Å²) in [5.74, 6) is -2.02. The predicted octanol–water partition coefficient (Wildman–Crippen LogP) is 0.872. The normalized spacial score (nSPS) is 15.8. The summed E-state index contributed by atoms with van der Waals surface area (Å²) in [5, 5.41) is 2.60. The van der Waals surface area contributed by atoms with E-state index in [2.05, 4.69) is 5.32 Å². The Morgan fingerprint density at radius 2 is 1.79 bits per heavy atom. The van der Waals surface area contributed by atoms with E-state index in [0.29, 0.717) is 13.2 Å². The van der Waals surface area contributed by atoms with Crippen molar-refractivity contribution in [2.75, 3.05) is 40.0 Å². The van der Waals surface area contributed by atoms with Crippen LogP contribution in [0.1, 0.15) is 38.1 Å². The number of ether oxygens (including phenoxy) is 2. The van der Waals surface area contributed by atoms with Gasteiger partial charge in [-0.25, -0.2) is 13.2 Å². The highest BCUT2D eigenvalue weighted by Crippen LogP contribution is 2.19. The predicted molar refractivity (Wildman–Crippen MR) is 121 cm³/mol. The summed E-state index contributed by atoms with van der Waals surface area (Å²) in [6.07, 6.45) is 0. The molecule has 1 aliphatic rings. The average molecular weight is 484 g/mol. The SMILES string of the molecule is CC(C)[C@H](NC(=O)c1cccc(S(=O)(=O)N2CCOCC2)c1)C(=O)OCC(=O)N(C)C(C)C. The molecular weight excluding hydrogens is 450 g/mol. The largest absolute Gasteiger partial charge is 0.454 e. The van der Waals surface area contributed by atoms with Gasteiger partial charge in [-0.1, -0.05) is 19.9 Å². The standard InChI is InChI=1S/C22H33N3O7S/c1-15(2)20(22(28)32-14-19(26)24(5)16(3)4)23-21(27)17-7-6-8-18(13-17)33(29,30)25-9-11-31-12-10-25/h6-8,13,15-16,20H,9-12,14H2,1-5H3,(H,23,27)/t20-/m0/s1. The zero-order valence-corrected chi connectivity index (χ0v) is 20.6. The van der Waals surface area contributed by atoms with Gasteiger partial charge >= 0.3 is 5.97 Å². The first-order chi connectivity index (χ1) is 15.4. The molecule has 1 heterocycles. The van der Waals surface area contributed by atoms with Crippen LogP contribution >= 0.6 is 0 Å². The second-order valence-corrected chi connectivity index (χ2v) is 10.4. The monoisotopic (exact) mass is 483 g/mol. The van der Waals surface area contributed by atoms with Crippen molar-refractivity contribution in [3.05, 3.63) is 29.8 Å². The Kier molecular flexibility index (Phi) is 9.38. The van der Waals surface area contributed by atoms with Gasteiger partial charge in [-0.2, -0.15) is 4.31 Å². The average Bonchev–Trinajstić information content (AvgIpc) is 2.80. The molecule has 0 aromatic heterocycles. The van der Waals surface area contributed by atoms with Gasteiger partial charge in [0.05, 0.1) is 18.1 Å². The third kappa shape index (κ3) is 6.99. The highest BCUT2D eigenvalue weighted by Gasteiger charge is 2.29. The Labute approximate surface area is 195 Å². The summed E-state index contributed by atoms with van der Waals surface area (Å²) in [5.41, 5.74) is 0.0957. The lowest BCUT2D eigenvalue weighted by molar-refractivity contribution is -0.154. The number of hydrogen-bond donors (Lipinski definition) is 1. The lowest BCUT2D eigenvalue weighted by Crippen LogP contribution is -2.46. The van der Waals surface area contributed by atoms with Crippen LogP contribution in [0.25, 0.3) is 0 Å². The molecule has 2 amide bonds. The number of nitrogens with one attached hydrogen (secondary N) is 1. The van der Waals surface area contributed by atoms with Crippen LogP contribution < -0.4 is 5.32 Å². The zero-order chi connectivity index (χ0) is 24.8. The van der Waals surface area contributed by atoms with E-state index in [-0.39, 0.29) is 41.4 Å². The van der Waals surface area contributed by atoms with Crippen LogP contribution in [-0.2, 0) is 29.1 Å². The Balaban J connectivity index is 2.10. The van der Waals surface area contributed by atoms with Gasteiger partial charge in [0.1, 0.15) is 6.04 Å². The molecule has 184 valence electrons. The molecule has 1 aliphatic heterocycles. The molecule has 10 nitrogen and oxygen atoms in total. The second kappa shape index (κ2) is 11.6. The Morgan fingerprint density at radius 1 is 1.15 bits per heavy atom. The first kappa shape index (κ1) is 26.7. The van der Waals surface area contributed by atoms with E-state index in [1.165, 1.54) is 33.5 Å². The molecule has 1 aromatic carbocycles. The number of hydrogen-bond acceptors (Lipinski definition) is 7. The number of benzene rings is 1. The number of morpholine rings is 1. The van der Waals surface area contributed by atoms with Crippen molar-refractivity contribution >= 4 is 27.8 Å². The quantitative estimate of drug-likeness (QED) is 0.517. The maximum Gasteiger partial charge on any atom is 0.329 e. The van der Waals surface area contributed by atoms with Crippen molar-refractivity contribution in [2.45, 2.75) is 44.7 Å². The van der Waals surface area contributed by atoms with Crippen LogP contribution in [0.5, 0.6) is 0 Å². The van der Waals surface area contributed by atoms with Crippen LogP contribution in [0.2, 0.25) is 0 Å². The molecule has 1 saturated heterocycles. The van der Waals surface area contributed by atoms with Gasteiger partial charge in [-0.05, 0) is 38.0 Å². The van der Waals surface area contributed by atoms with Crippen molar-refractivity contribution in [1.82, 2.24) is 14.5 Å². The molecule has 0 radical (unpaired) electrons. The third-order valence-electron chi connectivity index (χ3n) is 5.42. The lowest BCUT2D eigenvalue weighted by Gasteiger charge is -2.26. The van der Waals surface area contributed by atoms with Crippen molar-refractivity contribution < 1.29 is 32.3 Å². The summed E-state index contributed by atoms with van der Waals surface area (Å²) < 4.78 is 37.4. The number of likely N-dealkylation sites (N-methyl/N-ethyl adjacent to an activating group) is 1. The van der Waals surface area contributed by atoms with Crippen molar-refractivity contribution in [3.8, 4) is 0 Å². The smallest absolute Gasteiger partial charge is 0.329 e. The number of sulfonamides is 1. The molecule has 0 bridgehead atoms. The Morgan fingerprint density at radius 3 is 2.36 bits per heavy atom. The first-order valence-electron chi connectivity index (χ1n) is 10.9. The Bertz CT molecular complexity index is 956. The van der Waals surface area contributed by atoms with Gasteiger partial charge < -0.3 is 19.7 Å². The number of carbonyl (C=O) groups excluding carboxylic acids is 3. The molecule has 1 fully saturated rings.